The van der Waals surface area contributed by atoms with Crippen LogP contribution < -0.4 is 0 Å². The Labute approximate surface area is 152 Å². The maximum absolute atomic E-state index is 11.5. The third-order valence-electron chi connectivity index (χ3n) is 4.80. The molecule has 4 heteroatoms. The van der Waals surface area contributed by atoms with Gasteiger partial charge in [-0.2, -0.15) is 8.42 Å². The molecule has 0 spiro atoms. The molecule has 0 unspecified atom stereocenters. The van der Waals surface area contributed by atoms with E-state index in [-0.39, 0.29) is 4.90 Å². The quantitative estimate of drug-likeness (QED) is 0.385. The molecule has 0 saturated heterocycles. The number of hydrogen-bond acceptors (Lipinski definition) is 2. The second kappa shape index (κ2) is 9.93. The van der Waals surface area contributed by atoms with E-state index in [0.717, 1.165) is 23.8 Å². The molecule has 25 heavy (non-hydrogen) atoms. The molecule has 0 amide bonds. The SMILES string of the molecule is CCCCCCCCCCCc1ccc(S(=O)(=O)O)c2ccccc12. The first kappa shape index (κ1) is 19.9. The first-order valence-electron chi connectivity index (χ1n) is 9.52. The predicted molar refractivity (Wildman–Crippen MR) is 105 cm³/mol. The van der Waals surface area contributed by atoms with Crippen molar-refractivity contribution in [3.8, 4) is 0 Å². The number of unbranched alkanes of at least 4 members (excludes halogenated alkanes) is 8. The molecular formula is C21H30O3S. The Bertz CT molecular complexity index is 766. The van der Waals surface area contributed by atoms with Gasteiger partial charge in [-0.25, -0.2) is 0 Å². The number of hydrogen-bond donors (Lipinski definition) is 1. The Morgan fingerprint density at radius 1 is 0.760 bits per heavy atom. The number of benzene rings is 2. The number of aryl methyl sites for hydroxylation is 1. The Morgan fingerprint density at radius 3 is 1.92 bits per heavy atom. The van der Waals surface area contributed by atoms with Crippen LogP contribution in [-0.2, 0) is 16.5 Å². The second-order valence-corrected chi connectivity index (χ2v) is 8.21. The van der Waals surface area contributed by atoms with E-state index < -0.39 is 10.1 Å². The van der Waals surface area contributed by atoms with Crippen molar-refractivity contribution in [2.45, 2.75) is 76.0 Å². The minimum absolute atomic E-state index is 0.000991. The maximum atomic E-state index is 11.5. The van der Waals surface area contributed by atoms with Gasteiger partial charge in [0.15, 0.2) is 0 Å². The summed E-state index contributed by atoms with van der Waals surface area (Å²) in [6.45, 7) is 2.24. The van der Waals surface area contributed by atoms with Crippen molar-refractivity contribution < 1.29 is 13.0 Å². The summed E-state index contributed by atoms with van der Waals surface area (Å²) in [7, 11) is -4.19. The summed E-state index contributed by atoms with van der Waals surface area (Å²) in [6.07, 6.45) is 12.6. The highest BCUT2D eigenvalue weighted by Gasteiger charge is 2.15. The third-order valence-corrected chi connectivity index (χ3v) is 5.71. The van der Waals surface area contributed by atoms with E-state index in [1.807, 2.05) is 18.2 Å². The predicted octanol–water partition coefficient (Wildman–Crippen LogP) is 6.16. The highest BCUT2D eigenvalue weighted by molar-refractivity contribution is 7.86. The van der Waals surface area contributed by atoms with Crippen LogP contribution >= 0.6 is 0 Å². The maximum Gasteiger partial charge on any atom is 0.295 e. The van der Waals surface area contributed by atoms with Gasteiger partial charge in [0, 0.05) is 5.39 Å². The molecule has 1 N–H and O–H groups in total. The topological polar surface area (TPSA) is 54.4 Å². The fourth-order valence-electron chi connectivity index (χ4n) is 3.40. The highest BCUT2D eigenvalue weighted by atomic mass is 32.2. The molecule has 3 nitrogen and oxygen atoms in total. The van der Waals surface area contributed by atoms with E-state index >= 15 is 0 Å². The Hall–Kier alpha value is -1.39. The van der Waals surface area contributed by atoms with Gasteiger partial charge in [0.25, 0.3) is 10.1 Å². The van der Waals surface area contributed by atoms with Crippen molar-refractivity contribution >= 4 is 20.9 Å². The van der Waals surface area contributed by atoms with Crippen molar-refractivity contribution in [1.82, 2.24) is 0 Å². The average molecular weight is 363 g/mol. The summed E-state index contributed by atoms with van der Waals surface area (Å²) >= 11 is 0. The van der Waals surface area contributed by atoms with Crippen LogP contribution in [0.2, 0.25) is 0 Å². The fraction of sp³-hybridized carbons (Fsp3) is 0.524. The van der Waals surface area contributed by atoms with Crippen LogP contribution in [0.3, 0.4) is 0 Å². The smallest absolute Gasteiger partial charge is 0.282 e. The van der Waals surface area contributed by atoms with E-state index in [2.05, 4.69) is 6.92 Å². The van der Waals surface area contributed by atoms with Gasteiger partial charge in [0.2, 0.25) is 0 Å². The van der Waals surface area contributed by atoms with Gasteiger partial charge in [-0.15, -0.1) is 0 Å². The summed E-state index contributed by atoms with van der Waals surface area (Å²) in [4.78, 5) is -0.000991. The van der Waals surface area contributed by atoms with Gasteiger partial charge in [-0.1, -0.05) is 88.6 Å². The molecule has 0 saturated carbocycles. The van der Waals surface area contributed by atoms with Crippen LogP contribution in [0.4, 0.5) is 0 Å². The van der Waals surface area contributed by atoms with E-state index in [0.29, 0.717) is 5.39 Å². The van der Waals surface area contributed by atoms with Crippen LogP contribution in [0.1, 0.15) is 70.3 Å². The van der Waals surface area contributed by atoms with Crippen LogP contribution in [0.25, 0.3) is 10.8 Å². The molecule has 0 radical (unpaired) electrons. The summed E-state index contributed by atoms with van der Waals surface area (Å²) in [5, 5.41) is 1.54. The average Bonchev–Trinajstić information content (AvgIpc) is 2.59. The molecular weight excluding hydrogens is 332 g/mol. The summed E-state index contributed by atoms with van der Waals surface area (Å²) in [5.41, 5.74) is 1.16. The lowest BCUT2D eigenvalue weighted by Crippen LogP contribution is -2.00. The van der Waals surface area contributed by atoms with Gasteiger partial charge >= 0.3 is 0 Å². The molecule has 0 atom stereocenters. The van der Waals surface area contributed by atoms with Gasteiger partial charge in [-0.05, 0) is 29.9 Å². The molecule has 0 aliphatic carbocycles. The van der Waals surface area contributed by atoms with E-state index in [9.17, 15) is 13.0 Å². The monoisotopic (exact) mass is 362 g/mol. The Morgan fingerprint density at radius 2 is 1.32 bits per heavy atom. The normalized spacial score (nSPS) is 11.9. The molecule has 0 aromatic heterocycles. The zero-order valence-electron chi connectivity index (χ0n) is 15.2. The van der Waals surface area contributed by atoms with Crippen LogP contribution in [0.5, 0.6) is 0 Å². The lowest BCUT2D eigenvalue weighted by Gasteiger charge is -2.10. The van der Waals surface area contributed by atoms with Crippen LogP contribution in [0.15, 0.2) is 41.3 Å². The summed E-state index contributed by atoms with van der Waals surface area (Å²) < 4.78 is 32.5. The van der Waals surface area contributed by atoms with Crippen LogP contribution in [-0.4, -0.2) is 13.0 Å². The summed E-state index contributed by atoms with van der Waals surface area (Å²) in [6, 6.07) is 10.8. The van der Waals surface area contributed by atoms with Gasteiger partial charge in [0.05, 0.1) is 0 Å². The van der Waals surface area contributed by atoms with Gasteiger partial charge in [-0.3, -0.25) is 4.55 Å². The molecule has 0 aliphatic heterocycles. The molecule has 0 fully saturated rings. The molecule has 0 bridgehead atoms. The number of rotatable bonds is 11. The molecule has 138 valence electrons. The van der Waals surface area contributed by atoms with Crippen molar-refractivity contribution in [2.24, 2.45) is 0 Å². The Balaban J connectivity index is 1.88. The first-order chi connectivity index (χ1) is 12.0. The second-order valence-electron chi connectivity index (χ2n) is 6.82. The molecule has 2 aromatic rings. The summed E-state index contributed by atoms with van der Waals surface area (Å²) in [5.74, 6) is 0. The van der Waals surface area contributed by atoms with Gasteiger partial charge < -0.3 is 0 Å². The molecule has 0 heterocycles. The van der Waals surface area contributed by atoms with Crippen molar-refractivity contribution in [3.05, 3.63) is 42.0 Å². The minimum atomic E-state index is -4.19. The standard InChI is InChI=1S/C21H30O3S/c1-2-3-4-5-6-7-8-9-10-13-18-16-17-21(25(22,23)24)20-15-12-11-14-19(18)20/h11-12,14-17H,2-10,13H2,1H3,(H,22,23,24). The van der Waals surface area contributed by atoms with E-state index in [4.69, 9.17) is 0 Å². The highest BCUT2D eigenvalue weighted by Crippen LogP contribution is 2.27. The molecule has 2 rings (SSSR count). The van der Waals surface area contributed by atoms with E-state index in [1.54, 1.807) is 12.1 Å². The Kier molecular flexibility index (Phi) is 7.91. The van der Waals surface area contributed by atoms with Crippen LogP contribution in [0, 0.1) is 0 Å². The van der Waals surface area contributed by atoms with Crippen molar-refractivity contribution in [2.75, 3.05) is 0 Å². The van der Waals surface area contributed by atoms with Gasteiger partial charge in [0.1, 0.15) is 4.90 Å². The lowest BCUT2D eigenvalue weighted by molar-refractivity contribution is 0.484. The zero-order chi connectivity index (χ0) is 18.1. The van der Waals surface area contributed by atoms with E-state index in [1.165, 1.54) is 57.4 Å². The largest absolute Gasteiger partial charge is 0.295 e. The molecule has 0 aliphatic rings. The fourth-order valence-corrected chi connectivity index (χ4v) is 4.10. The molecule has 2 aromatic carbocycles. The van der Waals surface area contributed by atoms with Crippen molar-refractivity contribution in [1.29, 1.82) is 0 Å². The first-order valence-corrected chi connectivity index (χ1v) is 11.0. The zero-order valence-corrected chi connectivity index (χ0v) is 16.0. The minimum Gasteiger partial charge on any atom is -0.282 e. The third kappa shape index (κ3) is 6.12. The lowest BCUT2D eigenvalue weighted by atomic mass is 9.99. The van der Waals surface area contributed by atoms with Crippen molar-refractivity contribution in [3.63, 3.8) is 0 Å². The number of fused-ring (bicyclic) bond motifs is 1.